The van der Waals surface area contributed by atoms with Gasteiger partial charge in [-0.3, -0.25) is 4.90 Å². The van der Waals surface area contributed by atoms with E-state index in [-0.39, 0.29) is 0 Å². The molecule has 0 amide bonds. The highest BCUT2D eigenvalue weighted by molar-refractivity contribution is 5.02. The van der Waals surface area contributed by atoms with Crippen LogP contribution in [-0.2, 0) is 0 Å². The molecule has 1 saturated carbocycles. The first-order valence-corrected chi connectivity index (χ1v) is 8.24. The molecule has 2 N–H and O–H groups in total. The monoisotopic (exact) mass is 266 g/mol. The van der Waals surface area contributed by atoms with Crippen molar-refractivity contribution in [3.8, 4) is 0 Å². The predicted molar refractivity (Wildman–Crippen MR) is 83.1 cm³/mol. The zero-order chi connectivity index (χ0) is 14.3. The number of nitrogens with zero attached hydrogens (tertiary/aromatic N) is 1. The molecule has 2 nitrogen and oxygen atoms in total. The second-order valence-electron chi connectivity index (χ2n) is 8.39. The topological polar surface area (TPSA) is 29.3 Å². The molecule has 4 unspecified atom stereocenters. The lowest BCUT2D eigenvalue weighted by Crippen LogP contribution is -2.59. The van der Waals surface area contributed by atoms with Gasteiger partial charge >= 0.3 is 0 Å². The van der Waals surface area contributed by atoms with Gasteiger partial charge in [0.15, 0.2) is 0 Å². The van der Waals surface area contributed by atoms with Crippen LogP contribution < -0.4 is 5.73 Å². The first-order valence-electron chi connectivity index (χ1n) is 8.24. The quantitative estimate of drug-likeness (QED) is 0.829. The molecule has 1 aliphatic heterocycles. The van der Waals surface area contributed by atoms with Crippen LogP contribution in [0.15, 0.2) is 0 Å². The molecule has 1 aliphatic carbocycles. The molecular formula is C17H34N2. The van der Waals surface area contributed by atoms with E-state index in [1.54, 1.807) is 0 Å². The predicted octanol–water partition coefficient (Wildman–Crippen LogP) is 3.51. The normalized spacial score (nSPS) is 41.7. The van der Waals surface area contributed by atoms with Gasteiger partial charge in [-0.1, -0.05) is 34.6 Å². The summed E-state index contributed by atoms with van der Waals surface area (Å²) < 4.78 is 0. The second kappa shape index (κ2) is 5.37. The molecule has 4 atom stereocenters. The summed E-state index contributed by atoms with van der Waals surface area (Å²) in [6.45, 7) is 15.4. The molecule has 0 radical (unpaired) electrons. The SMILES string of the molecule is CC1CCC(CN)(N2CCC(C(C)(C)C)C2)C(C)C1. The third-order valence-electron chi connectivity index (χ3n) is 6.14. The number of hydrogen-bond acceptors (Lipinski definition) is 2. The number of nitrogens with two attached hydrogens (primary N) is 1. The molecule has 1 saturated heterocycles. The van der Waals surface area contributed by atoms with Crippen molar-refractivity contribution in [1.82, 2.24) is 4.90 Å². The van der Waals surface area contributed by atoms with Crippen molar-refractivity contribution in [2.75, 3.05) is 19.6 Å². The van der Waals surface area contributed by atoms with Gasteiger partial charge in [0.1, 0.15) is 0 Å². The molecule has 0 aromatic rings. The molecule has 0 aromatic carbocycles. The standard InChI is InChI=1S/C17H34N2/c1-13-6-8-17(12-18,14(2)10-13)19-9-7-15(11-19)16(3,4)5/h13-15H,6-12,18H2,1-5H3. The van der Waals surface area contributed by atoms with Crippen molar-refractivity contribution in [3.63, 3.8) is 0 Å². The van der Waals surface area contributed by atoms with Crippen LogP contribution in [-0.4, -0.2) is 30.1 Å². The Bertz CT molecular complexity index is 307. The van der Waals surface area contributed by atoms with E-state index < -0.39 is 0 Å². The fourth-order valence-corrected chi connectivity index (χ4v) is 4.46. The molecule has 1 heterocycles. The van der Waals surface area contributed by atoms with Crippen LogP contribution in [0.2, 0.25) is 0 Å². The molecule has 2 aliphatic rings. The van der Waals surface area contributed by atoms with Crippen molar-refractivity contribution >= 4 is 0 Å². The molecule has 2 rings (SSSR count). The van der Waals surface area contributed by atoms with Crippen molar-refractivity contribution in [2.24, 2.45) is 28.9 Å². The largest absolute Gasteiger partial charge is 0.329 e. The first-order chi connectivity index (χ1) is 8.79. The Balaban J connectivity index is 2.11. The minimum atomic E-state index is 0.298. The summed E-state index contributed by atoms with van der Waals surface area (Å²) in [6, 6.07) is 0. The van der Waals surface area contributed by atoms with Gasteiger partial charge in [-0.2, -0.15) is 0 Å². The van der Waals surface area contributed by atoms with Crippen LogP contribution in [0, 0.1) is 23.2 Å². The van der Waals surface area contributed by atoms with E-state index in [1.807, 2.05) is 0 Å². The van der Waals surface area contributed by atoms with Gasteiger partial charge in [-0.15, -0.1) is 0 Å². The van der Waals surface area contributed by atoms with Crippen LogP contribution in [0.3, 0.4) is 0 Å². The third-order valence-corrected chi connectivity index (χ3v) is 6.14. The number of hydrogen-bond donors (Lipinski definition) is 1. The lowest BCUT2D eigenvalue weighted by molar-refractivity contribution is 0.0102. The van der Waals surface area contributed by atoms with Crippen molar-refractivity contribution in [3.05, 3.63) is 0 Å². The summed E-state index contributed by atoms with van der Waals surface area (Å²) in [7, 11) is 0. The Morgan fingerprint density at radius 3 is 2.37 bits per heavy atom. The maximum absolute atomic E-state index is 6.27. The molecular weight excluding hydrogens is 232 g/mol. The number of likely N-dealkylation sites (tertiary alicyclic amines) is 1. The molecule has 0 spiro atoms. The van der Waals surface area contributed by atoms with Crippen LogP contribution in [0.5, 0.6) is 0 Å². The zero-order valence-corrected chi connectivity index (χ0v) is 13.7. The Morgan fingerprint density at radius 2 is 1.89 bits per heavy atom. The van der Waals surface area contributed by atoms with E-state index >= 15 is 0 Å². The van der Waals surface area contributed by atoms with Gasteiger partial charge in [0.2, 0.25) is 0 Å². The third kappa shape index (κ3) is 2.85. The van der Waals surface area contributed by atoms with Gasteiger partial charge in [-0.25, -0.2) is 0 Å². The Morgan fingerprint density at radius 1 is 1.21 bits per heavy atom. The van der Waals surface area contributed by atoms with E-state index in [4.69, 9.17) is 5.73 Å². The van der Waals surface area contributed by atoms with E-state index in [0.717, 1.165) is 24.3 Å². The van der Waals surface area contributed by atoms with Crippen molar-refractivity contribution in [1.29, 1.82) is 0 Å². The molecule has 0 aromatic heterocycles. The van der Waals surface area contributed by atoms with E-state index in [1.165, 1.54) is 38.8 Å². The smallest absolute Gasteiger partial charge is 0.0357 e. The molecule has 2 fully saturated rings. The van der Waals surface area contributed by atoms with Crippen molar-refractivity contribution in [2.45, 2.75) is 65.8 Å². The van der Waals surface area contributed by atoms with Gasteiger partial charge in [0.25, 0.3) is 0 Å². The summed E-state index contributed by atoms with van der Waals surface area (Å²) >= 11 is 0. The molecule has 2 heteroatoms. The zero-order valence-electron chi connectivity index (χ0n) is 13.7. The second-order valence-corrected chi connectivity index (χ2v) is 8.39. The summed E-state index contributed by atoms with van der Waals surface area (Å²) in [4.78, 5) is 2.76. The maximum atomic E-state index is 6.27. The average Bonchev–Trinajstić information content (AvgIpc) is 2.79. The van der Waals surface area contributed by atoms with Gasteiger partial charge < -0.3 is 5.73 Å². The fraction of sp³-hybridized carbons (Fsp3) is 1.00. The highest BCUT2D eigenvalue weighted by Gasteiger charge is 2.47. The Kier molecular flexibility index (Phi) is 4.32. The highest BCUT2D eigenvalue weighted by Crippen LogP contribution is 2.44. The van der Waals surface area contributed by atoms with E-state index in [9.17, 15) is 0 Å². The summed E-state index contributed by atoms with van der Waals surface area (Å²) in [6.07, 6.45) is 5.38. The number of rotatable bonds is 2. The Hall–Kier alpha value is -0.0800. The van der Waals surface area contributed by atoms with Gasteiger partial charge in [0.05, 0.1) is 0 Å². The molecule has 19 heavy (non-hydrogen) atoms. The first kappa shape index (κ1) is 15.3. The maximum Gasteiger partial charge on any atom is 0.0357 e. The van der Waals surface area contributed by atoms with Crippen LogP contribution in [0.4, 0.5) is 0 Å². The van der Waals surface area contributed by atoms with Gasteiger partial charge in [0, 0.05) is 18.6 Å². The van der Waals surface area contributed by atoms with Crippen LogP contribution >= 0.6 is 0 Å². The van der Waals surface area contributed by atoms with Crippen LogP contribution in [0.25, 0.3) is 0 Å². The van der Waals surface area contributed by atoms with E-state index in [2.05, 4.69) is 39.5 Å². The Labute approximate surface area is 120 Å². The summed E-state index contributed by atoms with van der Waals surface area (Å²) in [5.41, 5.74) is 7.01. The van der Waals surface area contributed by atoms with Crippen LogP contribution in [0.1, 0.15) is 60.3 Å². The minimum Gasteiger partial charge on any atom is -0.329 e. The minimum absolute atomic E-state index is 0.298. The lowest BCUT2D eigenvalue weighted by atomic mass is 9.69. The summed E-state index contributed by atoms with van der Waals surface area (Å²) in [5, 5.41) is 0. The lowest BCUT2D eigenvalue weighted by Gasteiger charge is -2.50. The highest BCUT2D eigenvalue weighted by atomic mass is 15.2. The fourth-order valence-electron chi connectivity index (χ4n) is 4.46. The average molecular weight is 266 g/mol. The summed E-state index contributed by atoms with van der Waals surface area (Å²) in [5.74, 6) is 2.47. The molecule has 112 valence electrons. The van der Waals surface area contributed by atoms with Gasteiger partial charge in [-0.05, 0) is 55.4 Å². The van der Waals surface area contributed by atoms with E-state index in [0.29, 0.717) is 11.0 Å². The molecule has 0 bridgehead atoms. The van der Waals surface area contributed by atoms with Crippen molar-refractivity contribution < 1.29 is 0 Å².